The van der Waals surface area contributed by atoms with Gasteiger partial charge in [0.25, 0.3) is 0 Å². The Labute approximate surface area is 124 Å². The highest BCUT2D eigenvalue weighted by molar-refractivity contribution is 9.09. The van der Waals surface area contributed by atoms with Crippen molar-refractivity contribution in [2.75, 3.05) is 11.9 Å². The van der Waals surface area contributed by atoms with Crippen LogP contribution in [0.4, 0.5) is 4.39 Å². The van der Waals surface area contributed by atoms with Crippen LogP contribution in [0.3, 0.4) is 0 Å². The minimum atomic E-state index is -0.587. The second kappa shape index (κ2) is 8.70. The molecule has 0 aliphatic rings. The molecule has 0 heterocycles. The van der Waals surface area contributed by atoms with E-state index in [0.717, 1.165) is 6.42 Å². The zero-order chi connectivity index (χ0) is 14.1. The van der Waals surface area contributed by atoms with Gasteiger partial charge >= 0.3 is 0 Å². The van der Waals surface area contributed by atoms with Gasteiger partial charge in [0.05, 0.1) is 0 Å². The largest absolute Gasteiger partial charge is 0.370 e. The highest BCUT2D eigenvalue weighted by atomic mass is 79.9. The van der Waals surface area contributed by atoms with Crippen molar-refractivity contribution in [2.45, 2.75) is 51.6 Å². The Hall–Kier alpha value is -0.410. The van der Waals surface area contributed by atoms with E-state index in [9.17, 15) is 4.39 Å². The van der Waals surface area contributed by atoms with E-state index in [0.29, 0.717) is 17.5 Å². The van der Waals surface area contributed by atoms with E-state index in [2.05, 4.69) is 22.9 Å². The summed E-state index contributed by atoms with van der Waals surface area (Å²) in [5, 5.41) is 0.593. The molecular formula is C16H24BrFO. The van der Waals surface area contributed by atoms with Gasteiger partial charge in [0.15, 0.2) is 0 Å². The van der Waals surface area contributed by atoms with E-state index in [-0.39, 0.29) is 5.82 Å². The van der Waals surface area contributed by atoms with Gasteiger partial charge in [-0.1, -0.05) is 66.7 Å². The van der Waals surface area contributed by atoms with Crippen molar-refractivity contribution in [2.24, 2.45) is 0 Å². The van der Waals surface area contributed by atoms with Gasteiger partial charge in [-0.3, -0.25) is 0 Å². The summed E-state index contributed by atoms with van der Waals surface area (Å²) < 4.78 is 19.8. The molecule has 0 aromatic heterocycles. The minimum Gasteiger partial charge on any atom is -0.370 e. The molecular weight excluding hydrogens is 307 g/mol. The Morgan fingerprint density at radius 1 is 1.16 bits per heavy atom. The van der Waals surface area contributed by atoms with E-state index in [1.165, 1.54) is 31.7 Å². The lowest BCUT2D eigenvalue weighted by Crippen LogP contribution is -2.29. The maximum atomic E-state index is 13.8. The van der Waals surface area contributed by atoms with Crippen LogP contribution < -0.4 is 0 Å². The minimum absolute atomic E-state index is 0.199. The van der Waals surface area contributed by atoms with Crippen LogP contribution >= 0.6 is 15.9 Å². The fourth-order valence-electron chi connectivity index (χ4n) is 2.08. The maximum Gasteiger partial charge on any atom is 0.129 e. The van der Waals surface area contributed by atoms with Crippen LogP contribution in [0.15, 0.2) is 24.3 Å². The fourth-order valence-corrected chi connectivity index (χ4v) is 2.55. The predicted molar refractivity (Wildman–Crippen MR) is 82.3 cm³/mol. The van der Waals surface area contributed by atoms with Gasteiger partial charge in [0.1, 0.15) is 11.4 Å². The van der Waals surface area contributed by atoms with Gasteiger partial charge in [-0.2, -0.15) is 0 Å². The lowest BCUT2D eigenvalue weighted by Gasteiger charge is -2.29. The van der Waals surface area contributed by atoms with Crippen molar-refractivity contribution in [1.82, 2.24) is 0 Å². The summed E-state index contributed by atoms with van der Waals surface area (Å²) in [6, 6.07) is 6.84. The SMILES string of the molecule is CCCCCCCOC(C)(CBr)c1ccccc1F. The molecule has 1 rings (SSSR count). The molecule has 0 radical (unpaired) electrons. The number of unbranched alkanes of at least 4 members (excludes halogenated alkanes) is 4. The van der Waals surface area contributed by atoms with Gasteiger partial charge in [0, 0.05) is 17.5 Å². The Kier molecular flexibility index (Phi) is 7.62. The molecule has 0 fully saturated rings. The van der Waals surface area contributed by atoms with Gasteiger partial charge in [-0.25, -0.2) is 4.39 Å². The van der Waals surface area contributed by atoms with Crippen LogP contribution in [-0.4, -0.2) is 11.9 Å². The number of benzene rings is 1. The van der Waals surface area contributed by atoms with Gasteiger partial charge < -0.3 is 4.74 Å². The summed E-state index contributed by atoms with van der Waals surface area (Å²) in [7, 11) is 0. The quantitative estimate of drug-likeness (QED) is 0.433. The molecule has 0 bridgehead atoms. The van der Waals surface area contributed by atoms with Crippen molar-refractivity contribution in [3.8, 4) is 0 Å². The van der Waals surface area contributed by atoms with Gasteiger partial charge in [-0.05, 0) is 19.4 Å². The van der Waals surface area contributed by atoms with E-state index in [1.54, 1.807) is 12.1 Å². The Morgan fingerprint density at radius 3 is 2.47 bits per heavy atom. The van der Waals surface area contributed by atoms with E-state index < -0.39 is 5.60 Å². The molecule has 0 saturated carbocycles. The van der Waals surface area contributed by atoms with Crippen molar-refractivity contribution in [3.05, 3.63) is 35.6 Å². The highest BCUT2D eigenvalue weighted by Crippen LogP contribution is 2.29. The molecule has 1 nitrogen and oxygen atoms in total. The van der Waals surface area contributed by atoms with Crippen LogP contribution in [0.5, 0.6) is 0 Å². The molecule has 1 atom stereocenters. The van der Waals surface area contributed by atoms with Crippen molar-refractivity contribution >= 4 is 15.9 Å². The molecule has 0 spiro atoms. The van der Waals surface area contributed by atoms with Crippen LogP contribution in [-0.2, 0) is 10.3 Å². The lowest BCUT2D eigenvalue weighted by molar-refractivity contribution is -0.0209. The number of hydrogen-bond donors (Lipinski definition) is 0. The lowest BCUT2D eigenvalue weighted by atomic mass is 9.97. The van der Waals surface area contributed by atoms with E-state index >= 15 is 0 Å². The molecule has 1 unspecified atom stereocenters. The first-order valence-electron chi connectivity index (χ1n) is 7.09. The first-order chi connectivity index (χ1) is 9.14. The maximum absolute atomic E-state index is 13.8. The monoisotopic (exact) mass is 330 g/mol. The zero-order valence-electron chi connectivity index (χ0n) is 11.9. The topological polar surface area (TPSA) is 9.23 Å². The molecule has 108 valence electrons. The summed E-state index contributed by atoms with van der Waals surface area (Å²) in [5.74, 6) is -0.199. The summed E-state index contributed by atoms with van der Waals surface area (Å²) in [6.45, 7) is 4.82. The van der Waals surface area contributed by atoms with Gasteiger partial charge in [0.2, 0.25) is 0 Å². The first-order valence-corrected chi connectivity index (χ1v) is 8.21. The van der Waals surface area contributed by atoms with Gasteiger partial charge in [-0.15, -0.1) is 0 Å². The van der Waals surface area contributed by atoms with Crippen molar-refractivity contribution < 1.29 is 9.13 Å². The molecule has 0 saturated heterocycles. The van der Waals surface area contributed by atoms with E-state index in [4.69, 9.17) is 4.74 Å². The first kappa shape index (κ1) is 16.6. The second-order valence-corrected chi connectivity index (χ2v) is 5.67. The molecule has 1 aromatic carbocycles. The number of hydrogen-bond acceptors (Lipinski definition) is 1. The number of ether oxygens (including phenoxy) is 1. The summed E-state index contributed by atoms with van der Waals surface area (Å²) >= 11 is 3.45. The molecule has 1 aromatic rings. The molecule has 0 aliphatic carbocycles. The molecule has 0 N–H and O–H groups in total. The average Bonchev–Trinajstić information content (AvgIpc) is 2.43. The standard InChI is InChI=1S/C16H24BrFO/c1-3-4-5-6-9-12-19-16(2,13-17)14-10-7-8-11-15(14)18/h7-8,10-11H,3-6,9,12-13H2,1-2H3. The smallest absolute Gasteiger partial charge is 0.129 e. The Balaban J connectivity index is 2.49. The van der Waals surface area contributed by atoms with Crippen molar-refractivity contribution in [1.29, 1.82) is 0 Å². The van der Waals surface area contributed by atoms with Crippen LogP contribution in [0.1, 0.15) is 51.5 Å². The third-order valence-electron chi connectivity index (χ3n) is 3.37. The Morgan fingerprint density at radius 2 is 1.84 bits per heavy atom. The van der Waals surface area contributed by atoms with Crippen LogP contribution in [0, 0.1) is 5.82 Å². The fraction of sp³-hybridized carbons (Fsp3) is 0.625. The molecule has 0 amide bonds. The zero-order valence-corrected chi connectivity index (χ0v) is 13.5. The van der Waals surface area contributed by atoms with Crippen molar-refractivity contribution in [3.63, 3.8) is 0 Å². The Bertz CT molecular complexity index is 370. The third kappa shape index (κ3) is 5.23. The second-order valence-electron chi connectivity index (χ2n) is 5.11. The van der Waals surface area contributed by atoms with E-state index in [1.807, 2.05) is 13.0 Å². The molecule has 19 heavy (non-hydrogen) atoms. The third-order valence-corrected chi connectivity index (χ3v) is 4.44. The number of rotatable bonds is 9. The highest BCUT2D eigenvalue weighted by Gasteiger charge is 2.28. The summed E-state index contributed by atoms with van der Waals surface area (Å²) in [5.41, 5.74) is 0.0382. The molecule has 0 aliphatic heterocycles. The normalized spacial score (nSPS) is 14.3. The summed E-state index contributed by atoms with van der Waals surface area (Å²) in [6.07, 6.45) is 6.00. The number of alkyl halides is 1. The summed E-state index contributed by atoms with van der Waals surface area (Å²) in [4.78, 5) is 0. The average molecular weight is 331 g/mol. The van der Waals surface area contributed by atoms with Crippen LogP contribution in [0.25, 0.3) is 0 Å². The molecule has 3 heteroatoms. The predicted octanol–water partition coefficient (Wildman–Crippen LogP) is 5.42. The number of halogens is 2. The van der Waals surface area contributed by atoms with Crippen LogP contribution in [0.2, 0.25) is 0 Å².